The van der Waals surface area contributed by atoms with Gasteiger partial charge >= 0.3 is 0 Å². The number of hydrogen-bond acceptors (Lipinski definition) is 5. The first-order valence-corrected chi connectivity index (χ1v) is 6.27. The van der Waals surface area contributed by atoms with Gasteiger partial charge in [-0.1, -0.05) is 23.9 Å². The molecule has 1 fully saturated rings. The molecule has 0 unspecified atom stereocenters. The maximum absolute atomic E-state index is 10.5. The monoisotopic (exact) mass is 262 g/mol. The van der Waals surface area contributed by atoms with Gasteiger partial charge in [-0.15, -0.1) is 4.99 Å². The Labute approximate surface area is 108 Å². The molecule has 0 saturated carbocycles. The lowest BCUT2D eigenvalue weighted by Gasteiger charge is -2.16. The number of thioether (sulfide) groups is 1. The average molecular weight is 262 g/mol. The number of aliphatic imine (C=N–C) groups is 1. The standard InChI is InChI=1S/C11H10N4O2S/c12-8-13-11-14(5-6-18-11)7-9-1-3-10(4-2-9)15(16)17/h1-4H,5-7H2/b13-11+. The molecule has 18 heavy (non-hydrogen) atoms. The Morgan fingerprint density at radius 2 is 2.22 bits per heavy atom. The number of benzene rings is 1. The Hall–Kier alpha value is -2.07. The summed E-state index contributed by atoms with van der Waals surface area (Å²) in [5, 5.41) is 19.8. The quantitative estimate of drug-likeness (QED) is 0.472. The molecule has 7 heteroatoms. The summed E-state index contributed by atoms with van der Waals surface area (Å²) in [6.07, 6.45) is 1.79. The summed E-state index contributed by atoms with van der Waals surface area (Å²) in [6, 6.07) is 6.43. The summed E-state index contributed by atoms with van der Waals surface area (Å²) in [6.45, 7) is 1.45. The Morgan fingerprint density at radius 3 is 2.83 bits per heavy atom. The number of non-ortho nitro benzene ring substituents is 1. The Bertz CT molecular complexity index is 521. The number of amidine groups is 1. The molecule has 0 N–H and O–H groups in total. The van der Waals surface area contributed by atoms with E-state index in [1.165, 1.54) is 12.1 Å². The Balaban J connectivity index is 2.08. The summed E-state index contributed by atoms with van der Waals surface area (Å²) >= 11 is 1.55. The molecule has 1 aromatic rings. The summed E-state index contributed by atoms with van der Waals surface area (Å²) in [5.41, 5.74) is 1.05. The van der Waals surface area contributed by atoms with Gasteiger partial charge in [-0.2, -0.15) is 5.26 Å². The number of rotatable bonds is 3. The van der Waals surface area contributed by atoms with Crippen LogP contribution in [0.5, 0.6) is 0 Å². The highest BCUT2D eigenvalue weighted by Gasteiger charge is 2.19. The summed E-state index contributed by atoms with van der Waals surface area (Å²) in [7, 11) is 0. The van der Waals surface area contributed by atoms with Crippen LogP contribution < -0.4 is 0 Å². The van der Waals surface area contributed by atoms with E-state index in [2.05, 4.69) is 4.99 Å². The van der Waals surface area contributed by atoms with Gasteiger partial charge in [-0.05, 0) is 5.56 Å². The van der Waals surface area contributed by atoms with Gasteiger partial charge in [0.1, 0.15) is 0 Å². The molecule has 0 aromatic heterocycles. The fourth-order valence-corrected chi connectivity index (χ4v) is 2.61. The van der Waals surface area contributed by atoms with Gasteiger partial charge in [0, 0.05) is 31.0 Å². The van der Waals surface area contributed by atoms with E-state index in [0.717, 1.165) is 23.0 Å². The van der Waals surface area contributed by atoms with Crippen LogP contribution in [-0.4, -0.2) is 27.3 Å². The summed E-state index contributed by atoms with van der Waals surface area (Å²) in [5.74, 6) is 0.910. The van der Waals surface area contributed by atoms with E-state index in [0.29, 0.717) is 6.54 Å². The highest BCUT2D eigenvalue weighted by Crippen LogP contribution is 2.21. The number of nitro benzene ring substituents is 1. The first-order valence-electron chi connectivity index (χ1n) is 5.28. The van der Waals surface area contributed by atoms with Gasteiger partial charge in [-0.3, -0.25) is 10.1 Å². The molecule has 1 saturated heterocycles. The molecule has 0 atom stereocenters. The fourth-order valence-electron chi connectivity index (χ4n) is 1.67. The SMILES string of the molecule is N#C/N=C1/SCCN1Cc1ccc([N+](=O)[O-])cc1. The molecule has 92 valence electrons. The largest absolute Gasteiger partial charge is 0.345 e. The molecule has 0 radical (unpaired) electrons. The van der Waals surface area contributed by atoms with Crippen LogP contribution in [0.1, 0.15) is 5.56 Å². The molecule has 0 spiro atoms. The van der Waals surface area contributed by atoms with Crippen molar-refractivity contribution in [1.82, 2.24) is 4.90 Å². The maximum Gasteiger partial charge on any atom is 0.269 e. The number of nitrogens with zero attached hydrogens (tertiary/aromatic N) is 4. The van der Waals surface area contributed by atoms with Crippen molar-refractivity contribution in [2.45, 2.75) is 6.54 Å². The predicted octanol–water partition coefficient (Wildman–Crippen LogP) is 1.98. The second kappa shape index (κ2) is 5.51. The molecular weight excluding hydrogens is 252 g/mol. The van der Waals surface area contributed by atoms with Crippen molar-refractivity contribution in [3.05, 3.63) is 39.9 Å². The number of hydrogen-bond donors (Lipinski definition) is 0. The molecule has 2 rings (SSSR count). The zero-order valence-corrected chi connectivity index (χ0v) is 10.3. The number of nitriles is 1. The maximum atomic E-state index is 10.5. The molecule has 6 nitrogen and oxygen atoms in total. The van der Waals surface area contributed by atoms with E-state index < -0.39 is 4.92 Å². The highest BCUT2D eigenvalue weighted by atomic mass is 32.2. The van der Waals surface area contributed by atoms with E-state index in [-0.39, 0.29) is 5.69 Å². The normalized spacial score (nSPS) is 16.8. The zero-order valence-electron chi connectivity index (χ0n) is 9.44. The first kappa shape index (κ1) is 12.4. The molecule has 1 aromatic carbocycles. The van der Waals surface area contributed by atoms with Crippen molar-refractivity contribution >= 4 is 22.6 Å². The van der Waals surface area contributed by atoms with E-state index in [1.54, 1.807) is 30.1 Å². The third-order valence-corrected chi connectivity index (χ3v) is 3.52. The molecular formula is C11H10N4O2S. The van der Waals surface area contributed by atoms with Crippen LogP contribution in [0.4, 0.5) is 5.69 Å². The lowest BCUT2D eigenvalue weighted by molar-refractivity contribution is -0.384. The van der Waals surface area contributed by atoms with E-state index in [4.69, 9.17) is 5.26 Å². The van der Waals surface area contributed by atoms with Crippen molar-refractivity contribution in [2.75, 3.05) is 12.3 Å². The predicted molar refractivity (Wildman–Crippen MR) is 69.0 cm³/mol. The molecule has 0 amide bonds. The van der Waals surface area contributed by atoms with Crippen molar-refractivity contribution in [3.63, 3.8) is 0 Å². The minimum absolute atomic E-state index is 0.0838. The van der Waals surface area contributed by atoms with E-state index in [1.807, 2.05) is 4.90 Å². The van der Waals surface area contributed by atoms with Gasteiger partial charge in [-0.25, -0.2) is 0 Å². The summed E-state index contributed by atoms with van der Waals surface area (Å²) in [4.78, 5) is 15.9. The highest BCUT2D eigenvalue weighted by molar-refractivity contribution is 8.14. The molecule has 0 aliphatic carbocycles. The number of nitro groups is 1. The van der Waals surface area contributed by atoms with Crippen LogP contribution in [0, 0.1) is 21.6 Å². The smallest absolute Gasteiger partial charge is 0.269 e. The zero-order chi connectivity index (χ0) is 13.0. The third kappa shape index (κ3) is 2.78. The first-order chi connectivity index (χ1) is 8.70. The Kier molecular flexibility index (Phi) is 3.79. The Morgan fingerprint density at radius 1 is 1.50 bits per heavy atom. The fraction of sp³-hybridized carbons (Fsp3) is 0.273. The molecule has 0 bridgehead atoms. The second-order valence-electron chi connectivity index (χ2n) is 3.69. The minimum atomic E-state index is -0.419. The third-order valence-electron chi connectivity index (χ3n) is 2.53. The van der Waals surface area contributed by atoms with Gasteiger partial charge in [0.2, 0.25) is 6.19 Å². The average Bonchev–Trinajstić information content (AvgIpc) is 2.78. The van der Waals surface area contributed by atoms with Gasteiger partial charge in [0.05, 0.1) is 4.92 Å². The topological polar surface area (TPSA) is 82.5 Å². The van der Waals surface area contributed by atoms with Crippen LogP contribution in [0.3, 0.4) is 0 Å². The van der Waals surface area contributed by atoms with E-state index in [9.17, 15) is 10.1 Å². The van der Waals surface area contributed by atoms with Crippen LogP contribution in [-0.2, 0) is 6.54 Å². The molecule has 1 heterocycles. The van der Waals surface area contributed by atoms with E-state index >= 15 is 0 Å². The van der Waals surface area contributed by atoms with Crippen molar-refractivity contribution in [2.24, 2.45) is 4.99 Å². The van der Waals surface area contributed by atoms with Gasteiger partial charge in [0.15, 0.2) is 5.17 Å². The van der Waals surface area contributed by atoms with Crippen molar-refractivity contribution in [1.29, 1.82) is 5.26 Å². The van der Waals surface area contributed by atoms with Crippen molar-refractivity contribution < 1.29 is 4.92 Å². The molecule has 1 aliphatic heterocycles. The summed E-state index contributed by atoms with van der Waals surface area (Å²) < 4.78 is 0. The molecule has 1 aliphatic rings. The van der Waals surface area contributed by atoms with Crippen LogP contribution in [0.25, 0.3) is 0 Å². The van der Waals surface area contributed by atoms with Crippen LogP contribution in [0.2, 0.25) is 0 Å². The van der Waals surface area contributed by atoms with Crippen LogP contribution in [0.15, 0.2) is 29.3 Å². The second-order valence-corrected chi connectivity index (χ2v) is 4.75. The van der Waals surface area contributed by atoms with Crippen LogP contribution >= 0.6 is 11.8 Å². The van der Waals surface area contributed by atoms with Crippen molar-refractivity contribution in [3.8, 4) is 6.19 Å². The van der Waals surface area contributed by atoms with Gasteiger partial charge in [0.25, 0.3) is 5.69 Å². The lowest BCUT2D eigenvalue weighted by Crippen LogP contribution is -2.23. The van der Waals surface area contributed by atoms with Gasteiger partial charge < -0.3 is 4.90 Å². The minimum Gasteiger partial charge on any atom is -0.345 e. The lowest BCUT2D eigenvalue weighted by atomic mass is 10.2.